The van der Waals surface area contributed by atoms with E-state index in [4.69, 9.17) is 12.2 Å². The van der Waals surface area contributed by atoms with Gasteiger partial charge in [-0.15, -0.1) is 0 Å². The number of hydrogen-bond acceptors (Lipinski definition) is 3. The molecule has 0 spiro atoms. The van der Waals surface area contributed by atoms with Crippen molar-refractivity contribution in [3.05, 3.63) is 52.9 Å². The average molecular weight is 304 g/mol. The third-order valence-electron chi connectivity index (χ3n) is 2.89. The number of benzene rings is 1. The van der Waals surface area contributed by atoms with Crippen LogP contribution in [0.4, 0.5) is 8.78 Å². The number of halogens is 2. The quantitative estimate of drug-likeness (QED) is 0.737. The Labute approximate surface area is 124 Å². The molecule has 21 heavy (non-hydrogen) atoms. The van der Waals surface area contributed by atoms with Crippen LogP contribution in [0.3, 0.4) is 0 Å². The van der Waals surface area contributed by atoms with Crippen molar-refractivity contribution in [3.8, 4) is 22.6 Å². The van der Waals surface area contributed by atoms with Gasteiger partial charge >= 0.3 is 0 Å². The normalized spacial score (nSPS) is 10.8. The molecule has 0 atom stereocenters. The summed E-state index contributed by atoms with van der Waals surface area (Å²) in [5, 5.41) is 4.08. The molecule has 0 aliphatic carbocycles. The minimum atomic E-state index is -0.669. The Morgan fingerprint density at radius 3 is 2.43 bits per heavy atom. The van der Waals surface area contributed by atoms with Crippen molar-refractivity contribution in [1.29, 1.82) is 0 Å². The van der Waals surface area contributed by atoms with E-state index in [0.29, 0.717) is 21.7 Å². The lowest BCUT2D eigenvalue weighted by molar-refractivity contribution is 0.584. The summed E-state index contributed by atoms with van der Waals surface area (Å²) in [6.45, 7) is 0. The maximum atomic E-state index is 13.3. The van der Waals surface area contributed by atoms with Crippen molar-refractivity contribution in [2.45, 2.75) is 0 Å². The number of rotatable bonds is 2. The first kappa shape index (κ1) is 13.6. The van der Waals surface area contributed by atoms with Gasteiger partial charge in [0.15, 0.2) is 0 Å². The molecule has 0 saturated carbocycles. The molecule has 0 amide bonds. The summed E-state index contributed by atoms with van der Waals surface area (Å²) in [6.07, 6.45) is 3.47. The fraction of sp³-hybridized carbons (Fsp3) is 0.0714. The van der Waals surface area contributed by atoms with E-state index in [2.05, 4.69) is 15.1 Å². The van der Waals surface area contributed by atoms with Crippen LogP contribution in [0.1, 0.15) is 0 Å². The van der Waals surface area contributed by atoms with Gasteiger partial charge in [0.1, 0.15) is 22.1 Å². The van der Waals surface area contributed by atoms with Crippen LogP contribution in [0.2, 0.25) is 0 Å². The molecule has 7 heteroatoms. The standard InChI is InChI=1S/C14H10F2N4S/c1-20-7-9(6-17-20)12-5-13(21)19-14(18-12)8-2-10(15)4-11(16)3-8/h2-7H,1H3,(H,18,19,21). The highest BCUT2D eigenvalue weighted by atomic mass is 32.1. The van der Waals surface area contributed by atoms with Crippen LogP contribution in [-0.2, 0) is 7.05 Å². The molecule has 0 aliphatic rings. The van der Waals surface area contributed by atoms with Crippen LogP contribution < -0.4 is 0 Å². The van der Waals surface area contributed by atoms with E-state index in [1.807, 2.05) is 0 Å². The molecule has 1 N–H and O–H groups in total. The molecule has 0 aliphatic heterocycles. The molecule has 3 aromatic rings. The maximum absolute atomic E-state index is 13.3. The lowest BCUT2D eigenvalue weighted by Gasteiger charge is -2.05. The number of aromatic amines is 1. The van der Waals surface area contributed by atoms with E-state index in [9.17, 15) is 8.78 Å². The van der Waals surface area contributed by atoms with Crippen LogP contribution in [0.25, 0.3) is 22.6 Å². The van der Waals surface area contributed by atoms with Gasteiger partial charge in [0.05, 0.1) is 11.9 Å². The largest absolute Gasteiger partial charge is 0.339 e. The van der Waals surface area contributed by atoms with Gasteiger partial charge in [-0.25, -0.2) is 13.8 Å². The Morgan fingerprint density at radius 1 is 1.10 bits per heavy atom. The Balaban J connectivity index is 2.15. The lowest BCUT2D eigenvalue weighted by atomic mass is 10.2. The molecule has 106 valence electrons. The van der Waals surface area contributed by atoms with Crippen molar-refractivity contribution in [2.24, 2.45) is 7.05 Å². The van der Waals surface area contributed by atoms with Crippen molar-refractivity contribution in [3.63, 3.8) is 0 Å². The third-order valence-corrected chi connectivity index (χ3v) is 3.10. The molecule has 0 bridgehead atoms. The van der Waals surface area contributed by atoms with Gasteiger partial charge in [0.2, 0.25) is 0 Å². The Hall–Kier alpha value is -2.41. The van der Waals surface area contributed by atoms with Crippen molar-refractivity contribution >= 4 is 12.2 Å². The SMILES string of the molecule is Cn1cc(-c2cc(=S)nc(-c3cc(F)cc(F)c3)[nH]2)cn1. The second-order valence-electron chi connectivity index (χ2n) is 4.54. The summed E-state index contributed by atoms with van der Waals surface area (Å²) in [4.78, 5) is 7.14. The number of aryl methyl sites for hydroxylation is 1. The fourth-order valence-corrected chi connectivity index (χ4v) is 2.21. The van der Waals surface area contributed by atoms with E-state index in [0.717, 1.165) is 11.6 Å². The minimum absolute atomic E-state index is 0.296. The Morgan fingerprint density at radius 2 is 1.81 bits per heavy atom. The zero-order chi connectivity index (χ0) is 15.0. The van der Waals surface area contributed by atoms with Crippen molar-refractivity contribution < 1.29 is 8.78 Å². The summed E-state index contributed by atoms with van der Waals surface area (Å²) >= 11 is 5.11. The highest BCUT2D eigenvalue weighted by Gasteiger charge is 2.08. The zero-order valence-electron chi connectivity index (χ0n) is 11.0. The smallest absolute Gasteiger partial charge is 0.139 e. The lowest BCUT2D eigenvalue weighted by Crippen LogP contribution is -1.94. The first-order chi connectivity index (χ1) is 10.0. The molecule has 0 fully saturated rings. The summed E-state index contributed by atoms with van der Waals surface area (Å²) in [6, 6.07) is 4.88. The average Bonchev–Trinajstić information content (AvgIpc) is 2.83. The highest BCUT2D eigenvalue weighted by Crippen LogP contribution is 2.22. The maximum Gasteiger partial charge on any atom is 0.139 e. The second-order valence-corrected chi connectivity index (χ2v) is 4.96. The molecule has 2 heterocycles. The number of nitrogens with zero attached hydrogens (tertiary/aromatic N) is 3. The first-order valence-corrected chi connectivity index (χ1v) is 6.49. The van der Waals surface area contributed by atoms with Gasteiger partial charge in [-0.2, -0.15) is 5.10 Å². The monoisotopic (exact) mass is 304 g/mol. The van der Waals surface area contributed by atoms with Crippen molar-refractivity contribution in [2.75, 3.05) is 0 Å². The van der Waals surface area contributed by atoms with E-state index in [1.165, 1.54) is 12.1 Å². The van der Waals surface area contributed by atoms with Crippen LogP contribution in [0.15, 0.2) is 36.7 Å². The van der Waals surface area contributed by atoms with E-state index < -0.39 is 11.6 Å². The Kier molecular flexibility index (Phi) is 3.34. The summed E-state index contributed by atoms with van der Waals surface area (Å²) in [5.74, 6) is -1.03. The van der Waals surface area contributed by atoms with Crippen LogP contribution in [0.5, 0.6) is 0 Å². The molecule has 0 unspecified atom stereocenters. The van der Waals surface area contributed by atoms with Crippen LogP contribution >= 0.6 is 12.2 Å². The van der Waals surface area contributed by atoms with Crippen molar-refractivity contribution in [1.82, 2.24) is 19.7 Å². The molecule has 1 aromatic carbocycles. The predicted octanol–water partition coefficient (Wildman–Crippen LogP) is 3.48. The predicted molar refractivity (Wildman–Crippen MR) is 77.0 cm³/mol. The number of hydrogen-bond donors (Lipinski definition) is 1. The summed E-state index contributed by atoms with van der Waals surface area (Å²) in [7, 11) is 1.79. The van der Waals surface area contributed by atoms with Gasteiger partial charge in [0, 0.05) is 30.4 Å². The molecule has 3 rings (SSSR count). The van der Waals surface area contributed by atoms with Crippen LogP contribution in [-0.4, -0.2) is 19.7 Å². The van der Waals surface area contributed by atoms with E-state index in [-0.39, 0.29) is 0 Å². The van der Waals surface area contributed by atoms with E-state index in [1.54, 1.807) is 30.2 Å². The molecular weight excluding hydrogens is 294 g/mol. The van der Waals surface area contributed by atoms with Gasteiger partial charge < -0.3 is 4.98 Å². The fourth-order valence-electron chi connectivity index (χ4n) is 2.00. The number of aromatic nitrogens is 4. The number of H-pyrrole nitrogens is 1. The molecule has 2 aromatic heterocycles. The third kappa shape index (κ3) is 2.87. The van der Waals surface area contributed by atoms with Gasteiger partial charge in [-0.1, -0.05) is 12.2 Å². The van der Waals surface area contributed by atoms with E-state index >= 15 is 0 Å². The van der Waals surface area contributed by atoms with Gasteiger partial charge in [-0.05, 0) is 18.2 Å². The van der Waals surface area contributed by atoms with Crippen LogP contribution in [0, 0.1) is 16.3 Å². The highest BCUT2D eigenvalue weighted by molar-refractivity contribution is 7.71. The van der Waals surface area contributed by atoms with Gasteiger partial charge in [-0.3, -0.25) is 4.68 Å². The zero-order valence-corrected chi connectivity index (χ0v) is 11.8. The molecule has 0 radical (unpaired) electrons. The summed E-state index contributed by atoms with van der Waals surface area (Å²) in [5.41, 5.74) is 1.79. The second kappa shape index (κ2) is 5.17. The molecule has 4 nitrogen and oxygen atoms in total. The Bertz CT molecular complexity index is 849. The number of nitrogens with one attached hydrogen (secondary N) is 1. The summed E-state index contributed by atoms with van der Waals surface area (Å²) < 4.78 is 28.6. The molecule has 0 saturated heterocycles. The first-order valence-electron chi connectivity index (χ1n) is 6.08. The topological polar surface area (TPSA) is 46.5 Å². The molecular formula is C14H10F2N4S. The minimum Gasteiger partial charge on any atom is -0.339 e. The van der Waals surface area contributed by atoms with Gasteiger partial charge in [0.25, 0.3) is 0 Å².